The van der Waals surface area contributed by atoms with Crippen molar-refractivity contribution in [1.82, 2.24) is 15.4 Å². The summed E-state index contributed by atoms with van der Waals surface area (Å²) < 4.78 is 26.8. The molecular formula is C17H27N3O3S. The van der Waals surface area contributed by atoms with E-state index in [1.807, 2.05) is 13.8 Å². The Morgan fingerprint density at radius 3 is 2.58 bits per heavy atom. The summed E-state index contributed by atoms with van der Waals surface area (Å²) in [6.45, 7) is 6.89. The average Bonchev–Trinajstić information content (AvgIpc) is 2.59. The first kappa shape index (κ1) is 18.9. The second-order valence-electron chi connectivity index (χ2n) is 6.69. The Bertz CT molecular complexity index is 636. The van der Waals surface area contributed by atoms with Crippen molar-refractivity contribution in [3.05, 3.63) is 29.8 Å². The number of rotatable bonds is 7. The number of amides is 1. The van der Waals surface area contributed by atoms with Gasteiger partial charge < -0.3 is 10.6 Å². The molecule has 0 aromatic heterocycles. The normalized spacial score (nSPS) is 18.5. The lowest BCUT2D eigenvalue weighted by Crippen LogP contribution is -2.38. The number of hydrogen-bond acceptors (Lipinski definition) is 4. The lowest BCUT2D eigenvalue weighted by Gasteiger charge is -2.22. The molecule has 0 aliphatic carbocycles. The number of hydrogen-bond donors (Lipinski definition) is 3. The van der Waals surface area contributed by atoms with Gasteiger partial charge in [-0.2, -0.15) is 0 Å². The number of benzene rings is 1. The van der Waals surface area contributed by atoms with Gasteiger partial charge in [0, 0.05) is 18.7 Å². The van der Waals surface area contributed by atoms with Crippen molar-refractivity contribution in [2.75, 3.05) is 26.2 Å². The highest BCUT2D eigenvalue weighted by Crippen LogP contribution is 2.12. The second kappa shape index (κ2) is 8.60. The Kier molecular flexibility index (Phi) is 6.77. The van der Waals surface area contributed by atoms with Crippen LogP contribution in [0.3, 0.4) is 0 Å². The van der Waals surface area contributed by atoms with Gasteiger partial charge in [-0.3, -0.25) is 4.79 Å². The fourth-order valence-corrected chi connectivity index (χ4v) is 3.80. The van der Waals surface area contributed by atoms with E-state index >= 15 is 0 Å². The average molecular weight is 353 g/mol. The molecular weight excluding hydrogens is 326 g/mol. The van der Waals surface area contributed by atoms with Gasteiger partial charge in [-0.1, -0.05) is 13.8 Å². The third kappa shape index (κ3) is 5.58. The summed E-state index contributed by atoms with van der Waals surface area (Å²) >= 11 is 0. The van der Waals surface area contributed by atoms with Gasteiger partial charge in [-0.15, -0.1) is 0 Å². The van der Waals surface area contributed by atoms with Crippen LogP contribution in [-0.2, 0) is 10.0 Å². The first-order chi connectivity index (χ1) is 11.4. The van der Waals surface area contributed by atoms with E-state index in [-0.39, 0.29) is 16.7 Å². The third-order valence-corrected chi connectivity index (χ3v) is 5.50. The van der Waals surface area contributed by atoms with Crippen LogP contribution >= 0.6 is 0 Å². The van der Waals surface area contributed by atoms with E-state index < -0.39 is 10.0 Å². The summed E-state index contributed by atoms with van der Waals surface area (Å²) in [6.07, 6.45) is 2.25. The van der Waals surface area contributed by atoms with Crippen LogP contribution in [0.15, 0.2) is 29.2 Å². The molecule has 24 heavy (non-hydrogen) atoms. The smallest absolute Gasteiger partial charge is 0.251 e. The van der Waals surface area contributed by atoms with Crippen molar-refractivity contribution in [2.24, 2.45) is 11.8 Å². The van der Waals surface area contributed by atoms with E-state index in [0.717, 1.165) is 25.9 Å². The second-order valence-corrected chi connectivity index (χ2v) is 8.46. The Balaban J connectivity index is 1.91. The van der Waals surface area contributed by atoms with Crippen molar-refractivity contribution in [3.63, 3.8) is 0 Å². The Labute approximate surface area is 144 Å². The van der Waals surface area contributed by atoms with Gasteiger partial charge in [0.15, 0.2) is 0 Å². The standard InChI is InChI=1S/C17H27N3O3S/c1-13(2)10-20-24(22,23)16-7-5-15(6-8-16)17(21)19-12-14-4-3-9-18-11-14/h5-8,13-14,18,20H,3-4,9-12H2,1-2H3,(H,19,21). The van der Waals surface area contributed by atoms with E-state index in [2.05, 4.69) is 15.4 Å². The summed E-state index contributed by atoms with van der Waals surface area (Å²) in [5.74, 6) is 0.529. The lowest BCUT2D eigenvalue weighted by molar-refractivity contribution is 0.0944. The van der Waals surface area contributed by atoms with E-state index in [9.17, 15) is 13.2 Å². The van der Waals surface area contributed by atoms with Gasteiger partial charge in [-0.05, 0) is 62.0 Å². The van der Waals surface area contributed by atoms with Crippen LogP contribution in [0, 0.1) is 11.8 Å². The van der Waals surface area contributed by atoms with Crippen LogP contribution < -0.4 is 15.4 Å². The Morgan fingerprint density at radius 1 is 1.29 bits per heavy atom. The summed E-state index contributed by atoms with van der Waals surface area (Å²) in [7, 11) is -3.52. The minimum Gasteiger partial charge on any atom is -0.352 e. The monoisotopic (exact) mass is 353 g/mol. The maximum atomic E-state index is 12.2. The molecule has 1 aliphatic heterocycles. The topological polar surface area (TPSA) is 87.3 Å². The molecule has 134 valence electrons. The van der Waals surface area contributed by atoms with Crippen molar-refractivity contribution >= 4 is 15.9 Å². The Morgan fingerprint density at radius 2 is 2.00 bits per heavy atom. The molecule has 1 unspecified atom stereocenters. The van der Waals surface area contributed by atoms with Crippen molar-refractivity contribution in [2.45, 2.75) is 31.6 Å². The van der Waals surface area contributed by atoms with E-state index in [1.54, 1.807) is 12.1 Å². The molecule has 1 aliphatic rings. The molecule has 1 saturated heterocycles. The van der Waals surface area contributed by atoms with Crippen LogP contribution in [-0.4, -0.2) is 40.5 Å². The summed E-state index contributed by atoms with van der Waals surface area (Å²) in [4.78, 5) is 12.3. The number of nitrogens with one attached hydrogen (secondary N) is 3. The van der Waals surface area contributed by atoms with Crippen LogP contribution in [0.5, 0.6) is 0 Å². The van der Waals surface area contributed by atoms with Crippen LogP contribution in [0.1, 0.15) is 37.0 Å². The SMILES string of the molecule is CC(C)CNS(=O)(=O)c1ccc(C(=O)NCC2CCCNC2)cc1. The summed E-state index contributed by atoms with van der Waals surface area (Å²) in [6, 6.07) is 6.05. The number of carbonyl (C=O) groups is 1. The Hall–Kier alpha value is -1.44. The number of carbonyl (C=O) groups excluding carboxylic acids is 1. The first-order valence-electron chi connectivity index (χ1n) is 8.47. The zero-order valence-electron chi connectivity index (χ0n) is 14.3. The van der Waals surface area contributed by atoms with Crippen molar-refractivity contribution in [1.29, 1.82) is 0 Å². The molecule has 7 heteroatoms. The summed E-state index contributed by atoms with van der Waals surface area (Å²) in [5.41, 5.74) is 0.474. The van der Waals surface area contributed by atoms with Gasteiger partial charge in [0.1, 0.15) is 0 Å². The van der Waals surface area contributed by atoms with Crippen molar-refractivity contribution < 1.29 is 13.2 Å². The molecule has 1 fully saturated rings. The predicted molar refractivity (Wildman–Crippen MR) is 94.4 cm³/mol. The molecule has 0 spiro atoms. The molecule has 2 rings (SSSR count). The van der Waals surface area contributed by atoms with Gasteiger partial charge in [-0.25, -0.2) is 13.1 Å². The highest BCUT2D eigenvalue weighted by molar-refractivity contribution is 7.89. The minimum atomic E-state index is -3.52. The quantitative estimate of drug-likeness (QED) is 0.690. The largest absolute Gasteiger partial charge is 0.352 e. The number of piperidine rings is 1. The summed E-state index contributed by atoms with van der Waals surface area (Å²) in [5, 5.41) is 6.24. The number of sulfonamides is 1. The molecule has 1 amide bonds. The van der Waals surface area contributed by atoms with E-state index in [0.29, 0.717) is 24.6 Å². The minimum absolute atomic E-state index is 0.167. The molecule has 0 saturated carbocycles. The molecule has 1 heterocycles. The molecule has 6 nitrogen and oxygen atoms in total. The highest BCUT2D eigenvalue weighted by atomic mass is 32.2. The first-order valence-corrected chi connectivity index (χ1v) is 9.95. The van der Waals surface area contributed by atoms with Crippen molar-refractivity contribution in [3.8, 4) is 0 Å². The van der Waals surface area contributed by atoms with Crippen LogP contribution in [0.4, 0.5) is 0 Å². The van der Waals surface area contributed by atoms with Gasteiger partial charge >= 0.3 is 0 Å². The fourth-order valence-electron chi connectivity index (χ4n) is 2.58. The van der Waals surface area contributed by atoms with Gasteiger partial charge in [0.25, 0.3) is 5.91 Å². The zero-order valence-corrected chi connectivity index (χ0v) is 15.2. The van der Waals surface area contributed by atoms with Gasteiger partial charge in [0.2, 0.25) is 10.0 Å². The predicted octanol–water partition coefficient (Wildman–Crippen LogP) is 1.35. The third-order valence-electron chi connectivity index (χ3n) is 4.06. The van der Waals surface area contributed by atoms with Crippen LogP contribution in [0.25, 0.3) is 0 Å². The van der Waals surface area contributed by atoms with E-state index in [1.165, 1.54) is 12.1 Å². The molecule has 3 N–H and O–H groups in total. The lowest BCUT2D eigenvalue weighted by atomic mass is 10.00. The molecule has 1 aromatic carbocycles. The van der Waals surface area contributed by atoms with Crippen LogP contribution in [0.2, 0.25) is 0 Å². The zero-order chi connectivity index (χ0) is 17.6. The molecule has 0 radical (unpaired) electrons. The molecule has 1 aromatic rings. The fraction of sp³-hybridized carbons (Fsp3) is 0.588. The van der Waals surface area contributed by atoms with E-state index in [4.69, 9.17) is 0 Å². The van der Waals surface area contributed by atoms with Gasteiger partial charge in [0.05, 0.1) is 4.90 Å². The maximum Gasteiger partial charge on any atom is 0.251 e. The molecule has 0 bridgehead atoms. The highest BCUT2D eigenvalue weighted by Gasteiger charge is 2.17. The molecule has 1 atom stereocenters. The maximum absolute atomic E-state index is 12.2.